The predicted molar refractivity (Wildman–Crippen MR) is 91.7 cm³/mol. The van der Waals surface area contributed by atoms with Crippen molar-refractivity contribution in [3.63, 3.8) is 0 Å². The summed E-state index contributed by atoms with van der Waals surface area (Å²) in [5, 5.41) is 13.2. The number of nitrogens with one attached hydrogen (secondary N) is 2. The predicted octanol–water partition coefficient (Wildman–Crippen LogP) is 3.64. The van der Waals surface area contributed by atoms with Crippen LogP contribution in [0.4, 0.5) is 27.8 Å². The van der Waals surface area contributed by atoms with E-state index in [1.165, 1.54) is 21.1 Å². The van der Waals surface area contributed by atoms with E-state index in [0.29, 0.717) is 11.4 Å². The highest BCUT2D eigenvalue weighted by Gasteiger charge is 2.11. The van der Waals surface area contributed by atoms with Crippen molar-refractivity contribution < 1.29 is 19.1 Å². The van der Waals surface area contributed by atoms with Crippen molar-refractivity contribution in [1.82, 2.24) is 4.98 Å². The molecule has 9 nitrogen and oxygen atoms in total. The van der Waals surface area contributed by atoms with Crippen LogP contribution in [0.3, 0.4) is 0 Å². The van der Waals surface area contributed by atoms with Crippen molar-refractivity contribution in [2.45, 2.75) is 6.92 Å². The summed E-state index contributed by atoms with van der Waals surface area (Å²) in [6.45, 7) is 1.35. The quantitative estimate of drug-likeness (QED) is 0.804. The molecule has 0 saturated carbocycles. The molecule has 0 fully saturated rings. The number of benzene rings is 1. The van der Waals surface area contributed by atoms with Crippen molar-refractivity contribution in [2.24, 2.45) is 10.2 Å². The number of methoxy groups -OCH3 is 2. The van der Waals surface area contributed by atoms with Gasteiger partial charge in [0.15, 0.2) is 5.82 Å². The molecule has 0 aliphatic rings. The van der Waals surface area contributed by atoms with E-state index in [1.807, 2.05) is 6.07 Å². The van der Waals surface area contributed by atoms with E-state index >= 15 is 0 Å². The summed E-state index contributed by atoms with van der Waals surface area (Å²) in [5.41, 5.74) is 0.797. The Morgan fingerprint density at radius 3 is 2.40 bits per heavy atom. The Morgan fingerprint density at radius 2 is 1.72 bits per heavy atom. The monoisotopic (exact) mass is 343 g/mol. The fourth-order valence-electron chi connectivity index (χ4n) is 1.84. The Morgan fingerprint density at radius 1 is 1.00 bits per heavy atom. The molecular weight excluding hydrogens is 326 g/mol. The minimum atomic E-state index is -0.721. The number of carbonyl (C=O) groups is 2. The van der Waals surface area contributed by atoms with Crippen LogP contribution in [0.25, 0.3) is 0 Å². The molecule has 1 heterocycles. The van der Waals surface area contributed by atoms with E-state index in [2.05, 4.69) is 30.6 Å². The number of anilines is 2. The van der Waals surface area contributed by atoms with E-state index in [4.69, 9.17) is 4.74 Å². The van der Waals surface area contributed by atoms with Gasteiger partial charge in [0.1, 0.15) is 22.9 Å². The Balaban J connectivity index is 2.36. The molecule has 0 atom stereocenters. The number of nitrogens with zero attached hydrogens (tertiary/aromatic N) is 3. The lowest BCUT2D eigenvalue weighted by Gasteiger charge is -2.08. The molecule has 25 heavy (non-hydrogen) atoms. The van der Waals surface area contributed by atoms with Gasteiger partial charge in [0, 0.05) is 6.92 Å². The SMILES string of the molecule is COC(=O)Nc1nc(NC(C)=O)ccc1/N=N/c1ccccc1OC. The molecule has 2 amide bonds. The molecule has 0 aliphatic heterocycles. The topological polar surface area (TPSA) is 114 Å². The zero-order valence-corrected chi connectivity index (χ0v) is 13.9. The highest BCUT2D eigenvalue weighted by atomic mass is 16.5. The van der Waals surface area contributed by atoms with E-state index in [0.717, 1.165) is 0 Å². The van der Waals surface area contributed by atoms with Crippen LogP contribution >= 0.6 is 0 Å². The summed E-state index contributed by atoms with van der Waals surface area (Å²) in [6, 6.07) is 10.2. The normalized spacial score (nSPS) is 10.4. The number of rotatable bonds is 5. The van der Waals surface area contributed by atoms with Crippen molar-refractivity contribution in [1.29, 1.82) is 0 Å². The molecule has 0 spiro atoms. The second kappa shape index (κ2) is 8.39. The Kier molecular flexibility index (Phi) is 5.99. The molecule has 2 rings (SSSR count). The van der Waals surface area contributed by atoms with Gasteiger partial charge in [-0.15, -0.1) is 10.2 Å². The highest BCUT2D eigenvalue weighted by molar-refractivity contribution is 5.90. The highest BCUT2D eigenvalue weighted by Crippen LogP contribution is 2.31. The van der Waals surface area contributed by atoms with Gasteiger partial charge < -0.3 is 14.8 Å². The summed E-state index contributed by atoms with van der Waals surface area (Å²) >= 11 is 0. The number of hydrogen-bond acceptors (Lipinski definition) is 7. The van der Waals surface area contributed by atoms with Gasteiger partial charge in [-0.05, 0) is 24.3 Å². The van der Waals surface area contributed by atoms with E-state index in [-0.39, 0.29) is 23.2 Å². The molecule has 1 aromatic heterocycles. The second-order valence-corrected chi connectivity index (χ2v) is 4.73. The lowest BCUT2D eigenvalue weighted by molar-refractivity contribution is -0.114. The standard InChI is InChI=1S/C16H17N5O4/c1-10(22)17-14-9-8-12(15(18-14)19-16(23)25-3)21-20-11-6-4-5-7-13(11)24-2/h4-9H,1-3H3,(H2,17,18,19,22,23)/b21-20+. The third-order valence-corrected chi connectivity index (χ3v) is 2.93. The van der Waals surface area contributed by atoms with Gasteiger partial charge in [-0.3, -0.25) is 10.1 Å². The lowest BCUT2D eigenvalue weighted by atomic mass is 10.3. The summed E-state index contributed by atoms with van der Waals surface area (Å²) in [5.74, 6) is 0.614. The molecule has 130 valence electrons. The van der Waals surface area contributed by atoms with Gasteiger partial charge in [-0.25, -0.2) is 9.78 Å². The molecule has 9 heteroatoms. The zero-order chi connectivity index (χ0) is 18.2. The largest absolute Gasteiger partial charge is 0.494 e. The molecule has 0 radical (unpaired) electrons. The van der Waals surface area contributed by atoms with E-state index in [1.54, 1.807) is 30.3 Å². The van der Waals surface area contributed by atoms with Gasteiger partial charge >= 0.3 is 6.09 Å². The molecule has 0 bridgehead atoms. The summed E-state index contributed by atoms with van der Waals surface area (Å²) in [6.07, 6.45) is -0.721. The first-order chi connectivity index (χ1) is 12.0. The Bertz CT molecular complexity index is 807. The van der Waals surface area contributed by atoms with Gasteiger partial charge in [-0.2, -0.15) is 0 Å². The van der Waals surface area contributed by atoms with Crippen molar-refractivity contribution >= 4 is 35.0 Å². The maximum Gasteiger partial charge on any atom is 0.412 e. The number of hydrogen-bond donors (Lipinski definition) is 2. The van der Waals surface area contributed by atoms with Crippen molar-refractivity contribution in [3.8, 4) is 5.75 Å². The van der Waals surface area contributed by atoms with Crippen molar-refractivity contribution in [3.05, 3.63) is 36.4 Å². The summed E-state index contributed by atoms with van der Waals surface area (Å²) < 4.78 is 9.76. The smallest absolute Gasteiger partial charge is 0.412 e. The first-order valence-electron chi connectivity index (χ1n) is 7.22. The van der Waals surface area contributed by atoms with E-state index in [9.17, 15) is 9.59 Å². The first kappa shape index (κ1) is 17.9. The number of aromatic nitrogens is 1. The van der Waals surface area contributed by atoms with Crippen LogP contribution in [-0.4, -0.2) is 31.2 Å². The zero-order valence-electron chi connectivity index (χ0n) is 13.9. The number of para-hydroxylation sites is 1. The van der Waals surface area contributed by atoms with Gasteiger partial charge in [0.2, 0.25) is 5.91 Å². The molecular formula is C16H17N5O4. The van der Waals surface area contributed by atoms with Crippen LogP contribution < -0.4 is 15.4 Å². The molecule has 1 aromatic carbocycles. The van der Waals surface area contributed by atoms with Gasteiger partial charge in [0.05, 0.1) is 14.2 Å². The number of carbonyl (C=O) groups excluding carboxylic acids is 2. The number of azo groups is 1. The molecule has 0 aliphatic carbocycles. The summed E-state index contributed by atoms with van der Waals surface area (Å²) in [4.78, 5) is 26.8. The minimum Gasteiger partial charge on any atom is -0.494 e. The molecule has 2 aromatic rings. The van der Waals surface area contributed by atoms with Crippen LogP contribution in [0, 0.1) is 0 Å². The maximum absolute atomic E-state index is 11.5. The fourth-order valence-corrected chi connectivity index (χ4v) is 1.84. The van der Waals surface area contributed by atoms with Crippen molar-refractivity contribution in [2.75, 3.05) is 24.9 Å². The summed E-state index contributed by atoms with van der Waals surface area (Å²) in [7, 11) is 2.76. The minimum absolute atomic E-state index is 0.0942. The first-order valence-corrected chi connectivity index (χ1v) is 7.22. The van der Waals surface area contributed by atoms with Gasteiger partial charge in [0.25, 0.3) is 0 Å². The fraction of sp³-hybridized carbons (Fsp3) is 0.188. The molecule has 0 unspecified atom stereocenters. The second-order valence-electron chi connectivity index (χ2n) is 4.73. The van der Waals surface area contributed by atoms with Crippen LogP contribution in [0.15, 0.2) is 46.6 Å². The van der Waals surface area contributed by atoms with E-state index < -0.39 is 6.09 Å². The number of pyridine rings is 1. The van der Waals surface area contributed by atoms with Crippen LogP contribution in [0.5, 0.6) is 5.75 Å². The lowest BCUT2D eigenvalue weighted by Crippen LogP contribution is -2.14. The maximum atomic E-state index is 11.5. The molecule has 2 N–H and O–H groups in total. The average Bonchev–Trinajstić information content (AvgIpc) is 2.60. The number of ether oxygens (including phenoxy) is 2. The Labute approximate surface area is 144 Å². The van der Waals surface area contributed by atoms with Crippen LogP contribution in [-0.2, 0) is 9.53 Å². The van der Waals surface area contributed by atoms with Crippen LogP contribution in [0.2, 0.25) is 0 Å². The number of amides is 2. The van der Waals surface area contributed by atoms with Gasteiger partial charge in [-0.1, -0.05) is 12.1 Å². The average molecular weight is 343 g/mol. The molecule has 0 saturated heterocycles. The Hall–Kier alpha value is -3.49. The van der Waals surface area contributed by atoms with Crippen LogP contribution in [0.1, 0.15) is 6.92 Å². The third kappa shape index (κ3) is 4.99. The third-order valence-electron chi connectivity index (χ3n) is 2.93.